The van der Waals surface area contributed by atoms with Crippen molar-refractivity contribution >= 4 is 18.0 Å². The minimum absolute atomic E-state index is 0.00525. The Balaban J connectivity index is 2.44. The zero-order valence-corrected chi connectivity index (χ0v) is 16.0. The maximum absolute atomic E-state index is 14.4. The lowest BCUT2D eigenvalue weighted by Crippen LogP contribution is -2.48. The first kappa shape index (κ1) is 22.3. The van der Waals surface area contributed by atoms with Gasteiger partial charge in [-0.3, -0.25) is 9.69 Å². The number of carboxylic acids is 1. The SMILES string of the molecule is COCCOC(=O)C1=C(C)N(CCCC(=O)O)C(=O)N[C@@H]1c1c(F)cccc1F. The van der Waals surface area contributed by atoms with E-state index < -0.39 is 41.2 Å². The topological polar surface area (TPSA) is 105 Å². The molecule has 10 heteroatoms. The zero-order valence-electron chi connectivity index (χ0n) is 16.0. The number of ether oxygens (including phenoxy) is 2. The van der Waals surface area contributed by atoms with Crippen LogP contribution >= 0.6 is 0 Å². The molecule has 1 atom stereocenters. The Morgan fingerprint density at radius 3 is 2.48 bits per heavy atom. The number of nitrogens with zero attached hydrogens (tertiary/aromatic N) is 1. The van der Waals surface area contributed by atoms with Crippen LogP contribution in [-0.4, -0.2) is 54.8 Å². The highest BCUT2D eigenvalue weighted by Gasteiger charge is 2.38. The van der Waals surface area contributed by atoms with Crippen molar-refractivity contribution in [3.05, 3.63) is 46.7 Å². The van der Waals surface area contributed by atoms with E-state index in [-0.39, 0.29) is 43.9 Å². The molecule has 0 unspecified atom stereocenters. The lowest BCUT2D eigenvalue weighted by molar-refractivity contribution is -0.141. The summed E-state index contributed by atoms with van der Waals surface area (Å²) in [5.74, 6) is -3.75. The first-order valence-electron chi connectivity index (χ1n) is 8.88. The number of esters is 1. The highest BCUT2D eigenvalue weighted by atomic mass is 19.1. The second kappa shape index (κ2) is 9.97. The number of amides is 2. The van der Waals surface area contributed by atoms with Gasteiger partial charge in [-0.05, 0) is 25.5 Å². The molecule has 1 aromatic carbocycles. The van der Waals surface area contributed by atoms with Gasteiger partial charge in [-0.1, -0.05) is 6.07 Å². The second-order valence-corrected chi connectivity index (χ2v) is 6.29. The number of hydrogen-bond donors (Lipinski definition) is 2. The molecule has 158 valence electrons. The van der Waals surface area contributed by atoms with Crippen molar-refractivity contribution in [2.24, 2.45) is 0 Å². The van der Waals surface area contributed by atoms with Gasteiger partial charge < -0.3 is 19.9 Å². The summed E-state index contributed by atoms with van der Waals surface area (Å²) in [5.41, 5.74) is -0.488. The Hall–Kier alpha value is -3.01. The summed E-state index contributed by atoms with van der Waals surface area (Å²) < 4.78 is 38.6. The molecule has 2 rings (SSSR count). The highest BCUT2D eigenvalue weighted by molar-refractivity contribution is 5.95. The number of carbonyl (C=O) groups is 3. The summed E-state index contributed by atoms with van der Waals surface area (Å²) in [4.78, 5) is 37.1. The molecule has 0 spiro atoms. The third kappa shape index (κ3) is 5.29. The summed E-state index contributed by atoms with van der Waals surface area (Å²) >= 11 is 0. The van der Waals surface area contributed by atoms with Gasteiger partial charge in [0.15, 0.2) is 0 Å². The van der Waals surface area contributed by atoms with Gasteiger partial charge in [0.1, 0.15) is 18.2 Å². The Bertz CT molecular complexity index is 807. The van der Waals surface area contributed by atoms with E-state index in [1.54, 1.807) is 0 Å². The fraction of sp³-hybridized carbons (Fsp3) is 0.421. The number of carboxylic acid groups (broad SMARTS) is 1. The number of aliphatic carboxylic acids is 1. The van der Waals surface area contributed by atoms with Gasteiger partial charge in [-0.2, -0.15) is 0 Å². The average molecular weight is 412 g/mol. The zero-order chi connectivity index (χ0) is 21.6. The first-order chi connectivity index (χ1) is 13.8. The van der Waals surface area contributed by atoms with Crippen molar-refractivity contribution < 1.29 is 37.7 Å². The smallest absolute Gasteiger partial charge is 0.338 e. The van der Waals surface area contributed by atoms with Gasteiger partial charge in [-0.15, -0.1) is 0 Å². The van der Waals surface area contributed by atoms with Gasteiger partial charge in [0, 0.05) is 25.8 Å². The quantitative estimate of drug-likeness (QED) is 0.477. The number of benzene rings is 1. The maximum Gasteiger partial charge on any atom is 0.338 e. The molecule has 0 aromatic heterocycles. The van der Waals surface area contributed by atoms with E-state index >= 15 is 0 Å². The average Bonchev–Trinajstić information content (AvgIpc) is 2.64. The number of halogens is 2. The van der Waals surface area contributed by atoms with Crippen LogP contribution in [0.1, 0.15) is 31.4 Å². The molecule has 0 saturated heterocycles. The summed E-state index contributed by atoms with van der Waals surface area (Å²) in [7, 11) is 1.42. The molecule has 1 aromatic rings. The Morgan fingerprint density at radius 1 is 1.24 bits per heavy atom. The van der Waals surface area contributed by atoms with E-state index in [2.05, 4.69) is 5.32 Å². The van der Waals surface area contributed by atoms with Gasteiger partial charge in [0.2, 0.25) is 0 Å². The van der Waals surface area contributed by atoms with Crippen LogP contribution in [0, 0.1) is 11.6 Å². The minimum Gasteiger partial charge on any atom is -0.481 e. The number of rotatable bonds is 9. The Morgan fingerprint density at radius 2 is 1.90 bits per heavy atom. The number of allylic oxidation sites excluding steroid dienone is 1. The first-order valence-corrected chi connectivity index (χ1v) is 8.88. The number of carbonyl (C=O) groups excluding carboxylic acids is 2. The van der Waals surface area contributed by atoms with Crippen molar-refractivity contribution in [1.29, 1.82) is 0 Å². The number of nitrogens with one attached hydrogen (secondary N) is 1. The van der Waals surface area contributed by atoms with Crippen LogP contribution in [0.2, 0.25) is 0 Å². The summed E-state index contributed by atoms with van der Waals surface area (Å²) in [6, 6.07) is 1.12. The molecule has 0 saturated carbocycles. The monoisotopic (exact) mass is 412 g/mol. The Labute approximate surface area is 166 Å². The molecule has 0 bridgehead atoms. The lowest BCUT2D eigenvalue weighted by Gasteiger charge is -2.35. The molecule has 1 aliphatic rings. The van der Waals surface area contributed by atoms with Crippen LogP contribution in [-0.2, 0) is 19.1 Å². The van der Waals surface area contributed by atoms with Gasteiger partial charge in [-0.25, -0.2) is 18.4 Å². The van der Waals surface area contributed by atoms with E-state index in [1.165, 1.54) is 20.1 Å². The molecule has 2 N–H and O–H groups in total. The van der Waals surface area contributed by atoms with Crippen LogP contribution < -0.4 is 5.32 Å². The summed E-state index contributed by atoms with van der Waals surface area (Å²) in [5, 5.41) is 11.2. The van der Waals surface area contributed by atoms with E-state index in [0.29, 0.717) is 0 Å². The van der Waals surface area contributed by atoms with Crippen molar-refractivity contribution in [2.75, 3.05) is 26.9 Å². The maximum atomic E-state index is 14.4. The van der Waals surface area contributed by atoms with Crippen molar-refractivity contribution in [3.8, 4) is 0 Å². The van der Waals surface area contributed by atoms with Crippen LogP contribution in [0.25, 0.3) is 0 Å². The number of urea groups is 1. The standard InChI is InChI=1S/C19H22F2N2O6/c1-11-15(18(26)29-10-9-28-2)17(16-12(20)5-3-6-13(16)21)22-19(27)23(11)8-4-7-14(24)25/h3,5-6,17H,4,7-10H2,1-2H3,(H,22,27)(H,24,25)/t17-/m0/s1. The third-order valence-electron chi connectivity index (χ3n) is 4.40. The van der Waals surface area contributed by atoms with Crippen LogP contribution in [0.4, 0.5) is 13.6 Å². The van der Waals surface area contributed by atoms with E-state index in [1.807, 2.05) is 0 Å². The van der Waals surface area contributed by atoms with E-state index in [9.17, 15) is 23.2 Å². The van der Waals surface area contributed by atoms with Crippen molar-refractivity contribution in [3.63, 3.8) is 0 Å². The molecule has 1 heterocycles. The predicted molar refractivity (Wildman–Crippen MR) is 96.7 cm³/mol. The summed E-state index contributed by atoms with van der Waals surface area (Å²) in [6.07, 6.45) is -0.0547. The largest absolute Gasteiger partial charge is 0.481 e. The molecular weight excluding hydrogens is 390 g/mol. The van der Waals surface area contributed by atoms with Crippen LogP contribution in [0.3, 0.4) is 0 Å². The van der Waals surface area contributed by atoms with Gasteiger partial charge >= 0.3 is 18.0 Å². The fourth-order valence-corrected chi connectivity index (χ4v) is 3.00. The normalized spacial score (nSPS) is 16.6. The van der Waals surface area contributed by atoms with Gasteiger partial charge in [0.05, 0.1) is 23.8 Å². The Kier molecular flexibility index (Phi) is 7.66. The number of methoxy groups -OCH3 is 1. The van der Waals surface area contributed by atoms with E-state index in [4.69, 9.17) is 14.6 Å². The van der Waals surface area contributed by atoms with Crippen LogP contribution in [0.15, 0.2) is 29.5 Å². The molecule has 1 aliphatic heterocycles. The molecule has 29 heavy (non-hydrogen) atoms. The molecule has 8 nitrogen and oxygen atoms in total. The lowest BCUT2D eigenvalue weighted by atomic mass is 9.94. The highest BCUT2D eigenvalue weighted by Crippen LogP contribution is 2.34. The molecule has 0 aliphatic carbocycles. The molecular formula is C19H22F2N2O6. The number of hydrogen-bond acceptors (Lipinski definition) is 5. The van der Waals surface area contributed by atoms with Crippen LogP contribution in [0.5, 0.6) is 0 Å². The molecule has 0 fully saturated rings. The van der Waals surface area contributed by atoms with Crippen molar-refractivity contribution in [1.82, 2.24) is 10.2 Å². The van der Waals surface area contributed by atoms with Gasteiger partial charge in [0.25, 0.3) is 0 Å². The molecule has 0 radical (unpaired) electrons. The predicted octanol–water partition coefficient (Wildman–Crippen LogP) is 2.36. The summed E-state index contributed by atoms with van der Waals surface area (Å²) in [6.45, 7) is 1.47. The second-order valence-electron chi connectivity index (χ2n) is 6.29. The fourth-order valence-electron chi connectivity index (χ4n) is 3.00. The third-order valence-corrected chi connectivity index (χ3v) is 4.40. The van der Waals surface area contributed by atoms with Crippen molar-refractivity contribution in [2.45, 2.75) is 25.8 Å². The van der Waals surface area contributed by atoms with E-state index in [0.717, 1.165) is 17.0 Å². The molecule has 2 amide bonds. The minimum atomic E-state index is -1.39.